The molecule has 0 saturated carbocycles. The molecule has 0 aliphatic heterocycles. The van der Waals surface area contributed by atoms with E-state index in [1.807, 2.05) is 41.8 Å². The molecular weight excluding hydrogens is 460 g/mol. The van der Waals surface area contributed by atoms with Crippen molar-refractivity contribution in [1.82, 2.24) is 30.7 Å². The lowest BCUT2D eigenvalue weighted by molar-refractivity contribution is 0.0950. The van der Waals surface area contributed by atoms with Crippen LogP contribution in [-0.2, 0) is 0 Å². The standard InChI is InChI=1S/C17H13BrN8O2S/c1-9(10-4-6-11(18)7-5-10)20-22-17(27)13-14(12-3-2-8-29-12)26(25-21-13)16-15(19)23-28-24-16/h2-8H,1H3,(H2,19,23)(H,22,27)/b20-9+. The summed E-state index contributed by atoms with van der Waals surface area (Å²) in [6.07, 6.45) is 0. The number of nitrogens with zero attached hydrogens (tertiary/aromatic N) is 6. The van der Waals surface area contributed by atoms with Crippen molar-refractivity contribution in [3.8, 4) is 16.4 Å². The molecule has 0 radical (unpaired) electrons. The van der Waals surface area contributed by atoms with Crippen LogP contribution < -0.4 is 11.2 Å². The summed E-state index contributed by atoms with van der Waals surface area (Å²) < 4.78 is 6.91. The number of benzene rings is 1. The van der Waals surface area contributed by atoms with Crippen LogP contribution in [0.4, 0.5) is 5.82 Å². The van der Waals surface area contributed by atoms with E-state index in [0.717, 1.165) is 14.9 Å². The lowest BCUT2D eigenvalue weighted by Crippen LogP contribution is -2.20. The molecule has 0 unspecified atom stereocenters. The van der Waals surface area contributed by atoms with Crippen LogP contribution in [0.5, 0.6) is 0 Å². The molecule has 146 valence electrons. The van der Waals surface area contributed by atoms with E-state index >= 15 is 0 Å². The Hall–Kier alpha value is -3.38. The summed E-state index contributed by atoms with van der Waals surface area (Å²) in [6.45, 7) is 1.79. The number of thiophene rings is 1. The van der Waals surface area contributed by atoms with Crippen molar-refractivity contribution in [1.29, 1.82) is 0 Å². The monoisotopic (exact) mass is 472 g/mol. The fourth-order valence-corrected chi connectivity index (χ4v) is 3.52. The van der Waals surface area contributed by atoms with Crippen molar-refractivity contribution in [2.45, 2.75) is 6.92 Å². The molecule has 4 rings (SSSR count). The van der Waals surface area contributed by atoms with Crippen molar-refractivity contribution in [2.24, 2.45) is 5.10 Å². The van der Waals surface area contributed by atoms with Gasteiger partial charge in [-0.3, -0.25) is 4.79 Å². The number of halogens is 1. The van der Waals surface area contributed by atoms with E-state index in [2.05, 4.69) is 51.7 Å². The zero-order chi connectivity index (χ0) is 20.4. The quantitative estimate of drug-likeness (QED) is 0.336. The molecule has 3 N–H and O–H groups in total. The molecule has 0 fully saturated rings. The fraction of sp³-hybridized carbons (Fsp3) is 0.0588. The molecular formula is C17H13BrN8O2S. The fourth-order valence-electron chi connectivity index (χ4n) is 2.50. The first kappa shape index (κ1) is 19.0. The van der Waals surface area contributed by atoms with Crippen LogP contribution in [0.3, 0.4) is 0 Å². The molecule has 12 heteroatoms. The average Bonchev–Trinajstić information content (AvgIpc) is 3.46. The molecule has 3 heterocycles. The van der Waals surface area contributed by atoms with E-state index in [4.69, 9.17) is 5.73 Å². The number of aromatic nitrogens is 5. The predicted molar refractivity (Wildman–Crippen MR) is 111 cm³/mol. The highest BCUT2D eigenvalue weighted by Gasteiger charge is 2.25. The van der Waals surface area contributed by atoms with Gasteiger partial charge in [0.2, 0.25) is 11.6 Å². The van der Waals surface area contributed by atoms with Gasteiger partial charge in [-0.25, -0.2) is 10.1 Å². The molecule has 1 aromatic carbocycles. The van der Waals surface area contributed by atoms with Crippen molar-refractivity contribution >= 4 is 44.7 Å². The van der Waals surface area contributed by atoms with Crippen molar-refractivity contribution in [3.05, 3.63) is 57.5 Å². The van der Waals surface area contributed by atoms with Gasteiger partial charge < -0.3 is 5.73 Å². The van der Waals surface area contributed by atoms with Crippen molar-refractivity contribution in [3.63, 3.8) is 0 Å². The number of anilines is 1. The van der Waals surface area contributed by atoms with Crippen LogP contribution >= 0.6 is 27.3 Å². The van der Waals surface area contributed by atoms with E-state index in [-0.39, 0.29) is 17.3 Å². The number of hydrogen-bond donors (Lipinski definition) is 2. The second kappa shape index (κ2) is 7.93. The van der Waals surface area contributed by atoms with E-state index in [9.17, 15) is 4.79 Å². The third kappa shape index (κ3) is 3.79. The summed E-state index contributed by atoms with van der Waals surface area (Å²) in [6, 6.07) is 11.3. The number of amides is 1. The van der Waals surface area contributed by atoms with Gasteiger partial charge in [0, 0.05) is 4.47 Å². The Labute approximate surface area is 176 Å². The Kier molecular flexibility index (Phi) is 5.18. The molecule has 0 bridgehead atoms. The van der Waals surface area contributed by atoms with Gasteiger partial charge >= 0.3 is 0 Å². The molecule has 0 aliphatic rings. The van der Waals surface area contributed by atoms with Gasteiger partial charge in [0.05, 0.1) is 10.6 Å². The van der Waals surface area contributed by atoms with Gasteiger partial charge in [-0.15, -0.1) is 16.4 Å². The number of nitrogens with one attached hydrogen (secondary N) is 1. The van der Waals surface area contributed by atoms with E-state index in [1.165, 1.54) is 16.0 Å². The number of rotatable bonds is 5. The largest absolute Gasteiger partial charge is 0.378 e. The van der Waals surface area contributed by atoms with Gasteiger partial charge in [-0.2, -0.15) is 9.78 Å². The number of carbonyl (C=O) groups excluding carboxylic acids is 1. The topological polar surface area (TPSA) is 137 Å². The lowest BCUT2D eigenvalue weighted by atomic mass is 10.1. The SMILES string of the molecule is C/C(=N\NC(=O)c1nnn(-c2nonc2N)c1-c1cccs1)c1ccc(Br)cc1. The normalized spacial score (nSPS) is 11.6. The summed E-state index contributed by atoms with van der Waals surface area (Å²) >= 11 is 4.80. The maximum Gasteiger partial charge on any atom is 0.294 e. The first-order valence-corrected chi connectivity index (χ1v) is 9.90. The minimum Gasteiger partial charge on any atom is -0.378 e. The Morgan fingerprint density at radius 3 is 2.72 bits per heavy atom. The zero-order valence-electron chi connectivity index (χ0n) is 14.9. The van der Waals surface area contributed by atoms with Crippen LogP contribution in [0.25, 0.3) is 16.4 Å². The van der Waals surface area contributed by atoms with Gasteiger partial charge in [0.1, 0.15) is 5.69 Å². The summed E-state index contributed by atoms with van der Waals surface area (Å²) in [5, 5.41) is 21.3. The zero-order valence-corrected chi connectivity index (χ0v) is 17.3. The maximum absolute atomic E-state index is 12.8. The first-order valence-electron chi connectivity index (χ1n) is 8.23. The molecule has 1 amide bonds. The minimum absolute atomic E-state index is 0.0313. The van der Waals surface area contributed by atoms with Crippen LogP contribution in [-0.4, -0.2) is 36.9 Å². The molecule has 3 aromatic heterocycles. The van der Waals surface area contributed by atoms with Gasteiger partial charge in [-0.05, 0) is 46.4 Å². The maximum atomic E-state index is 12.8. The summed E-state index contributed by atoms with van der Waals surface area (Å²) in [4.78, 5) is 13.5. The summed E-state index contributed by atoms with van der Waals surface area (Å²) in [5.41, 5.74) is 10.3. The smallest absolute Gasteiger partial charge is 0.294 e. The van der Waals surface area contributed by atoms with Crippen molar-refractivity contribution in [2.75, 3.05) is 5.73 Å². The van der Waals surface area contributed by atoms with Gasteiger partial charge in [0.25, 0.3) is 5.91 Å². The number of nitrogen functional groups attached to an aromatic ring is 1. The second-order valence-corrected chi connectivity index (χ2v) is 7.66. The minimum atomic E-state index is -0.522. The predicted octanol–water partition coefficient (Wildman–Crippen LogP) is 2.88. The van der Waals surface area contributed by atoms with E-state index < -0.39 is 5.91 Å². The Morgan fingerprint density at radius 2 is 2.07 bits per heavy atom. The number of nitrogens with two attached hydrogens (primary N) is 1. The summed E-state index contributed by atoms with van der Waals surface area (Å²) in [5.74, 6) is -0.343. The van der Waals surface area contributed by atoms with Gasteiger partial charge in [0.15, 0.2) is 5.69 Å². The lowest BCUT2D eigenvalue weighted by Gasteiger charge is -2.04. The Bertz CT molecular complexity index is 1180. The third-order valence-corrected chi connectivity index (χ3v) is 5.33. The average molecular weight is 473 g/mol. The van der Waals surface area contributed by atoms with Crippen LogP contribution in [0.1, 0.15) is 23.0 Å². The molecule has 10 nitrogen and oxygen atoms in total. The Balaban J connectivity index is 1.67. The van der Waals surface area contributed by atoms with Crippen LogP contribution in [0, 0.1) is 0 Å². The van der Waals surface area contributed by atoms with Crippen LogP contribution in [0.15, 0.2) is 56.0 Å². The molecule has 0 saturated heterocycles. The van der Waals surface area contributed by atoms with E-state index in [0.29, 0.717) is 11.4 Å². The molecule has 29 heavy (non-hydrogen) atoms. The highest BCUT2D eigenvalue weighted by molar-refractivity contribution is 9.10. The first-order chi connectivity index (χ1) is 14.0. The van der Waals surface area contributed by atoms with Crippen molar-refractivity contribution < 1.29 is 9.42 Å². The Morgan fingerprint density at radius 1 is 1.28 bits per heavy atom. The van der Waals surface area contributed by atoms with Gasteiger partial charge in [-0.1, -0.05) is 39.3 Å². The number of carbonyl (C=O) groups is 1. The molecule has 0 spiro atoms. The number of hydrogen-bond acceptors (Lipinski definition) is 9. The number of hydrazone groups is 1. The molecule has 0 atom stereocenters. The molecule has 0 aliphatic carbocycles. The highest BCUT2D eigenvalue weighted by atomic mass is 79.9. The summed E-state index contributed by atoms with van der Waals surface area (Å²) in [7, 11) is 0. The molecule has 4 aromatic rings. The van der Waals surface area contributed by atoms with Crippen LogP contribution in [0.2, 0.25) is 0 Å². The second-order valence-electron chi connectivity index (χ2n) is 5.79. The highest BCUT2D eigenvalue weighted by Crippen LogP contribution is 2.29. The van der Waals surface area contributed by atoms with E-state index in [1.54, 1.807) is 6.92 Å². The third-order valence-electron chi connectivity index (χ3n) is 3.92.